The first kappa shape index (κ1) is 28.2. The molecule has 0 aliphatic heterocycles. The number of hydrogen-bond acceptors (Lipinski definition) is 3. The van der Waals surface area contributed by atoms with Gasteiger partial charge in [0, 0.05) is 19.5 Å². The third-order valence-electron chi connectivity index (χ3n) is 7.40. The highest BCUT2D eigenvalue weighted by Crippen LogP contribution is 2.28. The van der Waals surface area contributed by atoms with Gasteiger partial charge in [-0.15, -0.1) is 0 Å². The first-order valence-electron chi connectivity index (χ1n) is 14.6. The van der Waals surface area contributed by atoms with Gasteiger partial charge in [0.15, 0.2) is 0 Å². The third-order valence-corrected chi connectivity index (χ3v) is 7.40. The van der Waals surface area contributed by atoms with Crippen LogP contribution in [-0.2, 0) is 24.2 Å². The molecule has 0 atom stereocenters. The average Bonchev–Trinajstić information content (AvgIpc) is 3.33. The first-order valence-corrected chi connectivity index (χ1v) is 14.6. The van der Waals surface area contributed by atoms with Crippen molar-refractivity contribution in [3.63, 3.8) is 0 Å². The Morgan fingerprint density at radius 2 is 1.63 bits per heavy atom. The number of ether oxygens (including phenoxy) is 1. The maximum atomic E-state index is 12.7. The quantitative estimate of drug-likeness (QED) is 0.165. The minimum Gasteiger partial charge on any atom is -0.493 e. The van der Waals surface area contributed by atoms with Gasteiger partial charge in [0.1, 0.15) is 11.6 Å². The molecule has 5 nitrogen and oxygen atoms in total. The van der Waals surface area contributed by atoms with Crippen LogP contribution in [0.4, 0.5) is 0 Å². The lowest BCUT2D eigenvalue weighted by Crippen LogP contribution is -2.28. The highest BCUT2D eigenvalue weighted by atomic mass is 16.5. The maximum Gasteiger partial charge on any atom is 0.224 e. The van der Waals surface area contributed by atoms with Gasteiger partial charge in [-0.3, -0.25) is 4.79 Å². The van der Waals surface area contributed by atoms with Crippen LogP contribution in [0.3, 0.4) is 0 Å². The van der Waals surface area contributed by atoms with Crippen LogP contribution in [0.2, 0.25) is 0 Å². The van der Waals surface area contributed by atoms with E-state index in [1.807, 2.05) is 48.5 Å². The normalized spacial score (nSPS) is 11.2. The summed E-state index contributed by atoms with van der Waals surface area (Å²) in [5, 5.41) is 3.09. The van der Waals surface area contributed by atoms with Gasteiger partial charge in [-0.25, -0.2) is 4.98 Å². The zero-order valence-electron chi connectivity index (χ0n) is 24.3. The summed E-state index contributed by atoms with van der Waals surface area (Å²) in [5.74, 6) is 2.40. The molecule has 1 aromatic heterocycles. The average molecular weight is 546 g/mol. The molecular weight excluding hydrogens is 506 g/mol. The predicted molar refractivity (Wildman–Crippen MR) is 167 cm³/mol. The number of carbonyl (C=O) groups is 1. The molecule has 0 radical (unpaired) electrons. The van der Waals surface area contributed by atoms with Gasteiger partial charge < -0.3 is 14.6 Å². The minimum absolute atomic E-state index is 0.0210. The van der Waals surface area contributed by atoms with E-state index < -0.39 is 0 Å². The molecule has 0 bridgehead atoms. The summed E-state index contributed by atoms with van der Waals surface area (Å²) in [5.41, 5.74) is 7.88. The number of hydrogen-bond donors (Lipinski definition) is 1. The third kappa shape index (κ3) is 7.23. The number of aromatic nitrogens is 2. The van der Waals surface area contributed by atoms with Crippen molar-refractivity contribution in [3.8, 4) is 16.9 Å². The molecule has 5 rings (SSSR count). The smallest absolute Gasteiger partial charge is 0.224 e. The summed E-state index contributed by atoms with van der Waals surface area (Å²) < 4.78 is 8.51. The summed E-state index contributed by atoms with van der Waals surface area (Å²) in [7, 11) is 0. The lowest BCUT2D eigenvalue weighted by atomic mass is 10.0. The number of carbonyl (C=O) groups excluding carboxylic acids is 1. The fourth-order valence-electron chi connectivity index (χ4n) is 5.22. The Kier molecular flexibility index (Phi) is 9.15. The second kappa shape index (κ2) is 13.3. The molecule has 210 valence electrons. The predicted octanol–water partition coefficient (Wildman–Crippen LogP) is 7.51. The molecule has 0 aliphatic rings. The molecule has 0 saturated heterocycles. The molecule has 0 unspecified atom stereocenters. The fourth-order valence-corrected chi connectivity index (χ4v) is 5.22. The number of nitrogens with one attached hydrogen (secondary N) is 1. The van der Waals surface area contributed by atoms with E-state index in [1.54, 1.807) is 0 Å². The molecule has 1 amide bonds. The Balaban J connectivity index is 1.16. The zero-order valence-corrected chi connectivity index (χ0v) is 24.3. The second-order valence-electron chi connectivity index (χ2n) is 10.9. The van der Waals surface area contributed by atoms with Crippen molar-refractivity contribution in [2.24, 2.45) is 0 Å². The van der Waals surface area contributed by atoms with Gasteiger partial charge in [-0.05, 0) is 65.3 Å². The van der Waals surface area contributed by atoms with Gasteiger partial charge in [-0.1, -0.05) is 92.7 Å². The van der Waals surface area contributed by atoms with Crippen LogP contribution in [0.5, 0.6) is 5.75 Å². The van der Waals surface area contributed by atoms with Gasteiger partial charge in [-0.2, -0.15) is 0 Å². The molecule has 5 heteroatoms. The van der Waals surface area contributed by atoms with Crippen LogP contribution in [0, 0.1) is 6.92 Å². The molecule has 1 heterocycles. The molecule has 41 heavy (non-hydrogen) atoms. The van der Waals surface area contributed by atoms with Crippen molar-refractivity contribution in [2.75, 3.05) is 13.2 Å². The number of benzene rings is 4. The summed E-state index contributed by atoms with van der Waals surface area (Å²) in [6, 6.07) is 33.2. The molecule has 0 aliphatic carbocycles. The largest absolute Gasteiger partial charge is 0.493 e. The van der Waals surface area contributed by atoms with E-state index in [0.717, 1.165) is 46.7 Å². The Bertz CT molecular complexity index is 1590. The van der Waals surface area contributed by atoms with Gasteiger partial charge in [0.05, 0.1) is 24.1 Å². The number of nitrogens with zero attached hydrogens (tertiary/aromatic N) is 2. The Morgan fingerprint density at radius 3 is 2.41 bits per heavy atom. The summed E-state index contributed by atoms with van der Waals surface area (Å²) in [4.78, 5) is 17.6. The van der Waals surface area contributed by atoms with Crippen LogP contribution in [-0.4, -0.2) is 28.6 Å². The molecule has 0 saturated carbocycles. The Morgan fingerprint density at radius 1 is 0.902 bits per heavy atom. The van der Waals surface area contributed by atoms with E-state index in [9.17, 15) is 4.79 Å². The molecule has 1 N–H and O–H groups in total. The van der Waals surface area contributed by atoms with E-state index in [-0.39, 0.29) is 5.91 Å². The standard InChI is InChI=1S/C36H39N3O2/c1-26(2)31-19-14-27(3)24-34(31)41-23-9-22-39-33-13-8-7-12-32(33)38-35(39)20-21-37-36(40)25-28-15-17-30(18-16-28)29-10-5-4-6-11-29/h4-8,10-19,24,26H,9,20-23,25H2,1-3H3,(H,37,40). The van der Waals surface area contributed by atoms with Crippen molar-refractivity contribution >= 4 is 16.9 Å². The topological polar surface area (TPSA) is 56.1 Å². The van der Waals surface area contributed by atoms with E-state index >= 15 is 0 Å². The zero-order chi connectivity index (χ0) is 28.6. The lowest BCUT2D eigenvalue weighted by molar-refractivity contribution is -0.120. The Labute approximate surface area is 243 Å². The molecular formula is C36H39N3O2. The van der Waals surface area contributed by atoms with E-state index in [4.69, 9.17) is 9.72 Å². The van der Waals surface area contributed by atoms with Crippen LogP contribution in [0.15, 0.2) is 97.1 Å². The molecule has 0 spiro atoms. The number of fused-ring (bicyclic) bond motifs is 1. The van der Waals surface area contributed by atoms with Crippen LogP contribution < -0.4 is 10.1 Å². The monoisotopic (exact) mass is 545 g/mol. The highest BCUT2D eigenvalue weighted by Gasteiger charge is 2.12. The number of imidazole rings is 1. The summed E-state index contributed by atoms with van der Waals surface area (Å²) in [6.45, 7) is 8.47. The number of aryl methyl sites for hydroxylation is 2. The summed E-state index contributed by atoms with van der Waals surface area (Å²) >= 11 is 0. The molecule has 0 fully saturated rings. The van der Waals surface area contributed by atoms with E-state index in [1.165, 1.54) is 16.7 Å². The van der Waals surface area contributed by atoms with E-state index in [2.05, 4.69) is 79.2 Å². The van der Waals surface area contributed by atoms with Gasteiger partial charge in [0.25, 0.3) is 0 Å². The van der Waals surface area contributed by atoms with Gasteiger partial charge >= 0.3 is 0 Å². The maximum absolute atomic E-state index is 12.7. The fraction of sp³-hybridized carbons (Fsp3) is 0.278. The van der Waals surface area contributed by atoms with Gasteiger partial charge in [0.2, 0.25) is 5.91 Å². The molecule has 5 aromatic rings. The van der Waals surface area contributed by atoms with Crippen LogP contribution in [0.1, 0.15) is 48.7 Å². The van der Waals surface area contributed by atoms with Crippen molar-refractivity contribution in [3.05, 3.63) is 120 Å². The summed E-state index contributed by atoms with van der Waals surface area (Å²) in [6.07, 6.45) is 1.90. The number of rotatable bonds is 12. The van der Waals surface area contributed by atoms with Crippen molar-refractivity contribution in [1.82, 2.24) is 14.9 Å². The lowest BCUT2D eigenvalue weighted by Gasteiger charge is -2.15. The van der Waals surface area contributed by atoms with E-state index in [0.29, 0.717) is 31.9 Å². The SMILES string of the molecule is Cc1ccc(C(C)C)c(OCCCn2c(CCNC(=O)Cc3ccc(-c4ccccc4)cc3)nc3ccccc32)c1. The van der Waals surface area contributed by atoms with Crippen molar-refractivity contribution < 1.29 is 9.53 Å². The number of para-hydroxylation sites is 2. The highest BCUT2D eigenvalue weighted by molar-refractivity contribution is 5.79. The van der Waals surface area contributed by atoms with Crippen molar-refractivity contribution in [2.45, 2.75) is 52.5 Å². The second-order valence-corrected chi connectivity index (χ2v) is 10.9. The first-order chi connectivity index (χ1) is 20.0. The number of amides is 1. The van der Waals surface area contributed by atoms with Crippen molar-refractivity contribution in [1.29, 1.82) is 0 Å². The Hall–Kier alpha value is -4.38. The van der Waals surface area contributed by atoms with Crippen LogP contribution >= 0.6 is 0 Å². The minimum atomic E-state index is 0.0210. The molecule has 4 aromatic carbocycles. The van der Waals surface area contributed by atoms with Crippen LogP contribution in [0.25, 0.3) is 22.2 Å².